The van der Waals surface area contributed by atoms with E-state index in [1.54, 1.807) is 43.3 Å². The van der Waals surface area contributed by atoms with Crippen LogP contribution in [0.25, 0.3) is 5.69 Å². The van der Waals surface area contributed by atoms with Crippen LogP contribution in [0.5, 0.6) is 5.75 Å². The molecule has 1 heterocycles. The zero-order valence-corrected chi connectivity index (χ0v) is 28.8. The van der Waals surface area contributed by atoms with Crippen LogP contribution in [0.2, 0.25) is 0 Å². The van der Waals surface area contributed by atoms with Gasteiger partial charge in [-0.25, -0.2) is 22.2 Å². The Kier molecular flexibility index (Phi) is 11.3. The number of nitrogens with zero attached hydrogens (tertiary/aromatic N) is 1. The van der Waals surface area contributed by atoms with Crippen LogP contribution in [0.4, 0.5) is 4.39 Å². The number of rotatable bonds is 14. The first kappa shape index (κ1) is 35.8. The second-order valence-corrected chi connectivity index (χ2v) is 14.1. The van der Waals surface area contributed by atoms with Crippen molar-refractivity contribution in [2.24, 2.45) is 5.92 Å². The van der Waals surface area contributed by atoms with E-state index >= 15 is 0 Å². The van der Waals surface area contributed by atoms with Gasteiger partial charge >= 0.3 is 0 Å². The molecule has 0 aliphatic rings. The van der Waals surface area contributed by atoms with Crippen molar-refractivity contribution in [3.05, 3.63) is 147 Å². The van der Waals surface area contributed by atoms with Gasteiger partial charge in [-0.2, -0.15) is 0 Å². The molecule has 0 radical (unpaired) electrons. The normalized spacial score (nSPS) is 12.0. The van der Waals surface area contributed by atoms with Gasteiger partial charge in [-0.15, -0.1) is 0 Å². The minimum absolute atomic E-state index is 0.0620. The molecule has 3 N–H and O–H groups in total. The van der Waals surface area contributed by atoms with E-state index in [9.17, 15) is 27.2 Å². The first-order chi connectivity index (χ1) is 23.9. The fourth-order valence-corrected chi connectivity index (χ4v) is 6.56. The van der Waals surface area contributed by atoms with Crippen LogP contribution < -0.4 is 20.3 Å². The van der Waals surface area contributed by atoms with E-state index in [-0.39, 0.29) is 41.6 Å². The average Bonchev–Trinajstić information content (AvgIpc) is 3.44. The summed E-state index contributed by atoms with van der Waals surface area (Å²) in [5, 5.41) is 5.94. The van der Waals surface area contributed by atoms with Crippen LogP contribution in [0.15, 0.2) is 113 Å². The lowest BCUT2D eigenvalue weighted by atomic mass is 9.95. The van der Waals surface area contributed by atoms with Crippen LogP contribution in [-0.4, -0.2) is 30.0 Å². The number of carbonyl (C=O) groups is 2. The molecule has 0 saturated heterocycles. The predicted octanol–water partition coefficient (Wildman–Crippen LogP) is 6.15. The molecule has 1 unspecified atom stereocenters. The second kappa shape index (κ2) is 15.8. The van der Waals surface area contributed by atoms with Crippen molar-refractivity contribution in [1.29, 1.82) is 0 Å². The number of para-hydroxylation sites is 1. The molecule has 12 heteroatoms. The van der Waals surface area contributed by atoms with Crippen LogP contribution in [-0.2, 0) is 27.8 Å². The second-order valence-electron chi connectivity index (χ2n) is 12.4. The molecule has 0 aliphatic heterocycles. The Morgan fingerprint density at radius 3 is 2.34 bits per heavy atom. The maximum Gasteiger partial charge on any atom is 0.271 e. The lowest BCUT2D eigenvalue weighted by Crippen LogP contribution is -2.32. The number of aryl methyl sites for hydroxylation is 2. The van der Waals surface area contributed by atoms with E-state index in [2.05, 4.69) is 15.1 Å². The number of hydrogen-bond donors (Lipinski definition) is 3. The number of benzene rings is 4. The standard InChI is InChI=1S/C38H39FN4O6S/c1-25(2)20-35(29-14-17-30(39)18-15-29)40-38(46)34-22-27(24-49-32-9-5-4-6-10-32)12-13-28(34)16-19-36(44)42-50(47,48)33-11-7-8-31(23-33)43-37(45)21-26(3)41-43/h4-15,17-18,21-23,25,35,41H,16,19-20,24H2,1-3H3,(H,40,46)(H,42,44). The monoisotopic (exact) mass is 698 g/mol. The summed E-state index contributed by atoms with van der Waals surface area (Å²) >= 11 is 0. The molecule has 1 atom stereocenters. The van der Waals surface area contributed by atoms with Crippen molar-refractivity contribution in [3.8, 4) is 11.4 Å². The topological polar surface area (TPSA) is 139 Å². The summed E-state index contributed by atoms with van der Waals surface area (Å²) in [6.45, 7) is 5.94. The highest BCUT2D eigenvalue weighted by atomic mass is 32.2. The summed E-state index contributed by atoms with van der Waals surface area (Å²) < 4.78 is 49.3. The third-order valence-corrected chi connectivity index (χ3v) is 9.33. The number of amides is 2. The quantitative estimate of drug-likeness (QED) is 0.127. The van der Waals surface area contributed by atoms with Gasteiger partial charge in [0.2, 0.25) is 5.91 Å². The molecule has 5 rings (SSSR count). The van der Waals surface area contributed by atoms with Crippen LogP contribution in [0.1, 0.15) is 65.5 Å². The molecule has 10 nitrogen and oxygen atoms in total. The van der Waals surface area contributed by atoms with Crippen molar-refractivity contribution in [2.45, 2.75) is 57.6 Å². The summed E-state index contributed by atoms with van der Waals surface area (Å²) in [4.78, 5) is 39.0. The van der Waals surface area contributed by atoms with Crippen LogP contribution in [0.3, 0.4) is 0 Å². The number of halogens is 1. The molecule has 4 aromatic carbocycles. The van der Waals surface area contributed by atoms with Crippen molar-refractivity contribution in [1.82, 2.24) is 19.8 Å². The molecule has 1 aromatic heterocycles. The first-order valence-corrected chi connectivity index (χ1v) is 17.7. The van der Waals surface area contributed by atoms with Gasteiger partial charge in [-0.1, -0.05) is 62.4 Å². The lowest BCUT2D eigenvalue weighted by Gasteiger charge is -2.22. The van der Waals surface area contributed by atoms with Gasteiger partial charge in [-0.05, 0) is 90.9 Å². The third-order valence-electron chi connectivity index (χ3n) is 7.96. The Hall–Kier alpha value is -5.49. The molecule has 0 spiro atoms. The Bertz CT molecular complexity index is 2130. The molecule has 0 fully saturated rings. The van der Waals surface area contributed by atoms with Gasteiger partial charge in [0, 0.05) is 23.7 Å². The van der Waals surface area contributed by atoms with E-state index in [0.717, 1.165) is 5.56 Å². The van der Waals surface area contributed by atoms with E-state index < -0.39 is 27.9 Å². The number of H-pyrrole nitrogens is 1. The maximum atomic E-state index is 13.9. The molecule has 0 bridgehead atoms. The summed E-state index contributed by atoms with van der Waals surface area (Å²) in [6, 6.07) is 27.1. The largest absolute Gasteiger partial charge is 0.489 e. The Balaban J connectivity index is 1.35. The zero-order chi connectivity index (χ0) is 35.8. The third kappa shape index (κ3) is 9.35. The fraction of sp³-hybridized carbons (Fsp3) is 0.237. The van der Waals surface area contributed by atoms with E-state index in [1.807, 2.05) is 44.2 Å². The molecule has 0 saturated carbocycles. The highest BCUT2D eigenvalue weighted by molar-refractivity contribution is 7.90. The van der Waals surface area contributed by atoms with Crippen molar-refractivity contribution in [2.75, 3.05) is 0 Å². The zero-order valence-electron chi connectivity index (χ0n) is 28.0. The summed E-state index contributed by atoms with van der Waals surface area (Å²) in [5.41, 5.74) is 2.85. The van der Waals surface area contributed by atoms with Crippen molar-refractivity contribution in [3.63, 3.8) is 0 Å². The highest BCUT2D eigenvalue weighted by Gasteiger charge is 2.22. The van der Waals surface area contributed by atoms with E-state index in [0.29, 0.717) is 40.2 Å². The molecule has 5 aromatic rings. The molecule has 0 aliphatic carbocycles. The molecule has 260 valence electrons. The number of carbonyl (C=O) groups excluding carboxylic acids is 2. The average molecular weight is 699 g/mol. The molecule has 2 amide bonds. The number of hydrogen-bond acceptors (Lipinski definition) is 6. The number of nitrogens with one attached hydrogen (secondary N) is 3. The lowest BCUT2D eigenvalue weighted by molar-refractivity contribution is -0.119. The molecule has 50 heavy (non-hydrogen) atoms. The number of ether oxygens (including phenoxy) is 1. The predicted molar refractivity (Wildman–Crippen MR) is 188 cm³/mol. The smallest absolute Gasteiger partial charge is 0.271 e. The Morgan fingerprint density at radius 2 is 1.66 bits per heavy atom. The van der Waals surface area contributed by atoms with Gasteiger partial charge in [-0.3, -0.25) is 19.5 Å². The van der Waals surface area contributed by atoms with E-state index in [4.69, 9.17) is 4.74 Å². The molecular formula is C38H39FN4O6S. The minimum atomic E-state index is -4.28. The van der Waals surface area contributed by atoms with Crippen molar-refractivity contribution < 1.29 is 27.1 Å². The Morgan fingerprint density at radius 1 is 0.920 bits per heavy atom. The first-order valence-electron chi connectivity index (χ1n) is 16.2. The fourth-order valence-electron chi connectivity index (χ4n) is 5.51. The summed E-state index contributed by atoms with van der Waals surface area (Å²) in [6.07, 6.45) is 0.428. The van der Waals surface area contributed by atoms with Crippen molar-refractivity contribution >= 4 is 21.8 Å². The number of aromatic amines is 1. The number of sulfonamides is 1. The molecular weight excluding hydrogens is 660 g/mol. The van der Waals surface area contributed by atoms with Crippen LogP contribution >= 0.6 is 0 Å². The van der Waals surface area contributed by atoms with Gasteiger partial charge in [0.1, 0.15) is 18.2 Å². The van der Waals surface area contributed by atoms with Gasteiger partial charge in [0.25, 0.3) is 21.5 Å². The SMILES string of the molecule is Cc1cc(=O)n(-c2cccc(S(=O)(=O)NC(=O)CCc3ccc(COc4ccccc4)cc3C(=O)NC(CC(C)C)c3ccc(F)cc3)c2)[nH]1. The summed E-state index contributed by atoms with van der Waals surface area (Å²) in [7, 11) is -4.28. The Labute approximate surface area is 290 Å². The number of aromatic nitrogens is 2. The van der Waals surface area contributed by atoms with Gasteiger partial charge < -0.3 is 10.1 Å². The van der Waals surface area contributed by atoms with Gasteiger partial charge in [0.05, 0.1) is 16.6 Å². The van der Waals surface area contributed by atoms with E-state index in [1.165, 1.54) is 41.1 Å². The summed E-state index contributed by atoms with van der Waals surface area (Å²) in [5.74, 6) is -0.661. The highest BCUT2D eigenvalue weighted by Crippen LogP contribution is 2.24. The minimum Gasteiger partial charge on any atom is -0.489 e. The maximum absolute atomic E-state index is 13.9. The van der Waals surface area contributed by atoms with Gasteiger partial charge in [0.15, 0.2) is 0 Å². The van der Waals surface area contributed by atoms with Crippen LogP contribution in [0, 0.1) is 18.7 Å².